The van der Waals surface area contributed by atoms with E-state index in [4.69, 9.17) is 9.68 Å². The van der Waals surface area contributed by atoms with Gasteiger partial charge >= 0.3 is 0 Å². The second kappa shape index (κ2) is 7.09. The predicted octanol–water partition coefficient (Wildman–Crippen LogP) is 2.14. The van der Waals surface area contributed by atoms with Crippen molar-refractivity contribution in [2.75, 3.05) is 11.9 Å². The Kier molecular flexibility index (Phi) is 4.94. The molecular weight excluding hydrogens is 282 g/mol. The van der Waals surface area contributed by atoms with Gasteiger partial charge in [-0.15, -0.1) is 0 Å². The number of hydrogen-bond donors (Lipinski definition) is 1. The van der Waals surface area contributed by atoms with Crippen molar-refractivity contribution >= 4 is 17.5 Å². The van der Waals surface area contributed by atoms with E-state index in [1.165, 1.54) is 18.1 Å². The number of nitrogens with one attached hydrogen (secondary N) is 1. The molecule has 0 saturated heterocycles. The minimum absolute atomic E-state index is 0.115. The highest BCUT2D eigenvalue weighted by atomic mass is 16.3. The van der Waals surface area contributed by atoms with Crippen LogP contribution in [0.15, 0.2) is 47.1 Å². The first-order chi connectivity index (χ1) is 10.6. The number of carbonyl (C=O) groups is 2. The minimum Gasteiger partial charge on any atom is -0.467 e. The minimum atomic E-state index is -0.371. The van der Waals surface area contributed by atoms with Crippen LogP contribution in [0.2, 0.25) is 0 Å². The van der Waals surface area contributed by atoms with E-state index >= 15 is 0 Å². The van der Waals surface area contributed by atoms with Gasteiger partial charge < -0.3 is 14.6 Å². The molecule has 0 bridgehead atoms. The first-order valence-corrected chi connectivity index (χ1v) is 6.67. The van der Waals surface area contributed by atoms with E-state index in [2.05, 4.69) is 5.32 Å². The SMILES string of the molecule is CC(=O)N(CC(=O)Nc1ccccc1C#N)Cc1ccco1. The zero-order valence-corrected chi connectivity index (χ0v) is 12.1. The summed E-state index contributed by atoms with van der Waals surface area (Å²) in [6.07, 6.45) is 1.51. The van der Waals surface area contributed by atoms with Gasteiger partial charge in [0.05, 0.1) is 24.1 Å². The van der Waals surface area contributed by atoms with Crippen molar-refractivity contribution < 1.29 is 14.0 Å². The van der Waals surface area contributed by atoms with Crippen molar-refractivity contribution in [2.24, 2.45) is 0 Å². The number of rotatable bonds is 5. The summed E-state index contributed by atoms with van der Waals surface area (Å²) in [5, 5.41) is 11.6. The summed E-state index contributed by atoms with van der Waals surface area (Å²) in [5.74, 6) is -0.00926. The molecule has 0 aliphatic heterocycles. The summed E-state index contributed by atoms with van der Waals surface area (Å²) in [6, 6.07) is 12.1. The maximum absolute atomic E-state index is 12.1. The molecule has 0 fully saturated rings. The molecule has 1 aromatic heterocycles. The highest BCUT2D eigenvalue weighted by Crippen LogP contribution is 2.13. The van der Waals surface area contributed by atoms with E-state index < -0.39 is 0 Å². The second-order valence-corrected chi connectivity index (χ2v) is 4.66. The average molecular weight is 297 g/mol. The Morgan fingerprint density at radius 3 is 2.68 bits per heavy atom. The molecule has 22 heavy (non-hydrogen) atoms. The molecule has 1 N–H and O–H groups in total. The summed E-state index contributed by atoms with van der Waals surface area (Å²) in [4.78, 5) is 25.1. The Morgan fingerprint density at radius 2 is 2.05 bits per heavy atom. The van der Waals surface area contributed by atoms with Gasteiger partial charge in [-0.25, -0.2) is 0 Å². The zero-order valence-electron chi connectivity index (χ0n) is 12.1. The highest BCUT2D eigenvalue weighted by molar-refractivity contribution is 5.95. The highest BCUT2D eigenvalue weighted by Gasteiger charge is 2.16. The van der Waals surface area contributed by atoms with E-state index in [0.29, 0.717) is 17.0 Å². The largest absolute Gasteiger partial charge is 0.467 e. The third-order valence-corrected chi connectivity index (χ3v) is 3.03. The van der Waals surface area contributed by atoms with Crippen molar-refractivity contribution in [2.45, 2.75) is 13.5 Å². The van der Waals surface area contributed by atoms with Gasteiger partial charge in [0.25, 0.3) is 0 Å². The van der Waals surface area contributed by atoms with E-state index in [0.717, 1.165) is 0 Å². The summed E-state index contributed by atoms with van der Waals surface area (Å²) in [5.41, 5.74) is 0.799. The Balaban J connectivity index is 2.02. The molecule has 0 spiro atoms. The molecule has 0 unspecified atom stereocenters. The smallest absolute Gasteiger partial charge is 0.244 e. The van der Waals surface area contributed by atoms with Gasteiger partial charge in [-0.3, -0.25) is 9.59 Å². The van der Waals surface area contributed by atoms with Crippen molar-refractivity contribution in [1.82, 2.24) is 4.90 Å². The fourth-order valence-electron chi connectivity index (χ4n) is 1.92. The van der Waals surface area contributed by atoms with Crippen LogP contribution in [-0.2, 0) is 16.1 Å². The Bertz CT molecular complexity index is 702. The summed E-state index contributed by atoms with van der Waals surface area (Å²) in [6.45, 7) is 1.49. The van der Waals surface area contributed by atoms with Crippen LogP contribution in [0.25, 0.3) is 0 Å². The predicted molar refractivity (Wildman–Crippen MR) is 79.6 cm³/mol. The van der Waals surface area contributed by atoms with E-state index in [9.17, 15) is 9.59 Å². The van der Waals surface area contributed by atoms with E-state index in [-0.39, 0.29) is 24.9 Å². The van der Waals surface area contributed by atoms with Crippen molar-refractivity contribution in [3.8, 4) is 6.07 Å². The lowest BCUT2D eigenvalue weighted by Gasteiger charge is -2.19. The van der Waals surface area contributed by atoms with E-state index in [1.807, 2.05) is 6.07 Å². The van der Waals surface area contributed by atoms with Crippen LogP contribution in [0.3, 0.4) is 0 Å². The van der Waals surface area contributed by atoms with Gasteiger partial charge in [0.2, 0.25) is 11.8 Å². The number of hydrogen-bond acceptors (Lipinski definition) is 4. The molecule has 2 amide bonds. The molecule has 0 radical (unpaired) electrons. The maximum Gasteiger partial charge on any atom is 0.244 e. The fraction of sp³-hybridized carbons (Fsp3) is 0.188. The number of para-hydroxylation sites is 1. The van der Waals surface area contributed by atoms with Crippen LogP contribution in [0.1, 0.15) is 18.2 Å². The first-order valence-electron chi connectivity index (χ1n) is 6.67. The van der Waals surface area contributed by atoms with Crippen LogP contribution in [-0.4, -0.2) is 23.3 Å². The summed E-state index contributed by atoms with van der Waals surface area (Å²) >= 11 is 0. The lowest BCUT2D eigenvalue weighted by molar-refractivity contribution is -0.133. The number of anilines is 1. The van der Waals surface area contributed by atoms with E-state index in [1.54, 1.807) is 36.4 Å². The van der Waals surface area contributed by atoms with Crippen molar-refractivity contribution in [3.63, 3.8) is 0 Å². The Morgan fingerprint density at radius 1 is 1.27 bits per heavy atom. The van der Waals surface area contributed by atoms with Gasteiger partial charge in [-0.05, 0) is 24.3 Å². The lowest BCUT2D eigenvalue weighted by Crippen LogP contribution is -2.36. The number of furan rings is 1. The van der Waals surface area contributed by atoms with Gasteiger partial charge in [0.1, 0.15) is 18.4 Å². The van der Waals surface area contributed by atoms with Crippen LogP contribution in [0.5, 0.6) is 0 Å². The molecule has 0 aliphatic carbocycles. The molecular formula is C16H15N3O3. The van der Waals surface area contributed by atoms with Crippen LogP contribution in [0, 0.1) is 11.3 Å². The molecule has 1 aromatic carbocycles. The van der Waals surface area contributed by atoms with Gasteiger partial charge in [-0.1, -0.05) is 12.1 Å². The van der Waals surface area contributed by atoms with Crippen LogP contribution in [0.4, 0.5) is 5.69 Å². The third-order valence-electron chi connectivity index (χ3n) is 3.03. The normalized spacial score (nSPS) is 9.82. The molecule has 0 aliphatic rings. The summed E-state index contributed by atoms with van der Waals surface area (Å²) in [7, 11) is 0. The lowest BCUT2D eigenvalue weighted by atomic mass is 10.2. The molecule has 0 saturated carbocycles. The topological polar surface area (TPSA) is 86.3 Å². The van der Waals surface area contributed by atoms with Crippen LogP contribution >= 0.6 is 0 Å². The van der Waals surface area contributed by atoms with Crippen molar-refractivity contribution in [1.29, 1.82) is 5.26 Å². The number of carbonyl (C=O) groups excluding carboxylic acids is 2. The quantitative estimate of drug-likeness (QED) is 0.916. The number of amides is 2. The number of benzene rings is 1. The van der Waals surface area contributed by atoms with Gasteiger partial charge in [0, 0.05) is 6.92 Å². The molecule has 2 rings (SSSR count). The van der Waals surface area contributed by atoms with Crippen molar-refractivity contribution in [3.05, 3.63) is 54.0 Å². The molecule has 1 heterocycles. The molecule has 2 aromatic rings. The number of nitrogens with zero attached hydrogens (tertiary/aromatic N) is 2. The monoisotopic (exact) mass is 297 g/mol. The molecule has 6 nitrogen and oxygen atoms in total. The fourth-order valence-corrected chi connectivity index (χ4v) is 1.92. The maximum atomic E-state index is 12.1. The Hall–Kier alpha value is -3.07. The van der Waals surface area contributed by atoms with Gasteiger partial charge in [0.15, 0.2) is 0 Å². The second-order valence-electron chi connectivity index (χ2n) is 4.66. The standard InChI is InChI=1S/C16H15N3O3/c1-12(20)19(10-14-6-4-8-22-14)11-16(21)18-15-7-3-2-5-13(15)9-17/h2-8H,10-11H2,1H3,(H,18,21). The zero-order chi connectivity index (χ0) is 15.9. The van der Waals surface area contributed by atoms with Crippen LogP contribution < -0.4 is 5.32 Å². The molecule has 112 valence electrons. The van der Waals surface area contributed by atoms with Gasteiger partial charge in [-0.2, -0.15) is 5.26 Å². The number of nitriles is 1. The average Bonchev–Trinajstić information content (AvgIpc) is 3.00. The third kappa shape index (κ3) is 3.96. The first kappa shape index (κ1) is 15.3. The Labute approximate surface area is 127 Å². The molecule has 0 atom stereocenters. The molecule has 6 heteroatoms. The summed E-state index contributed by atoms with van der Waals surface area (Å²) < 4.78 is 5.18.